The Morgan fingerprint density at radius 1 is 0.800 bits per heavy atom. The van der Waals surface area contributed by atoms with Gasteiger partial charge in [0.1, 0.15) is 0 Å². The smallest absolute Gasteiger partial charge is 0.225 e. The number of fused-ring (bicyclic) bond motifs is 1. The normalized spacial score (nSPS) is 16.1. The van der Waals surface area contributed by atoms with E-state index in [1.807, 2.05) is 18.3 Å². The van der Waals surface area contributed by atoms with Crippen LogP contribution in [-0.2, 0) is 19.5 Å². The zero-order valence-electron chi connectivity index (χ0n) is 20.7. The van der Waals surface area contributed by atoms with E-state index in [2.05, 4.69) is 45.0 Å². The van der Waals surface area contributed by atoms with Gasteiger partial charge in [0.05, 0.1) is 27.0 Å². The van der Waals surface area contributed by atoms with Gasteiger partial charge in [-0.15, -0.1) is 0 Å². The first kappa shape index (κ1) is 23.2. The van der Waals surface area contributed by atoms with Gasteiger partial charge >= 0.3 is 0 Å². The van der Waals surface area contributed by atoms with Crippen LogP contribution in [0.3, 0.4) is 0 Å². The lowest BCUT2D eigenvalue weighted by molar-refractivity contribution is 0.237. The number of benzene rings is 2. The van der Waals surface area contributed by atoms with Gasteiger partial charge in [-0.1, -0.05) is 24.3 Å². The van der Waals surface area contributed by atoms with Crippen molar-refractivity contribution in [2.24, 2.45) is 0 Å². The predicted octanol–water partition coefficient (Wildman–Crippen LogP) is 3.39. The van der Waals surface area contributed by atoms with Crippen LogP contribution >= 0.6 is 0 Å². The van der Waals surface area contributed by atoms with Crippen LogP contribution in [0.2, 0.25) is 0 Å². The van der Waals surface area contributed by atoms with Gasteiger partial charge in [0, 0.05) is 75.2 Å². The molecular weight excluding hydrogens is 442 g/mol. The molecule has 2 aromatic carbocycles. The molecule has 35 heavy (non-hydrogen) atoms. The molecule has 0 aliphatic carbocycles. The third-order valence-electron chi connectivity index (χ3n) is 6.86. The lowest BCUT2D eigenvalue weighted by Gasteiger charge is -2.36. The molecule has 1 saturated heterocycles. The number of hydrogen-bond acceptors (Lipinski definition) is 8. The minimum atomic E-state index is 0.630. The fourth-order valence-electron chi connectivity index (χ4n) is 4.98. The van der Waals surface area contributed by atoms with E-state index in [-0.39, 0.29) is 0 Å². The maximum Gasteiger partial charge on any atom is 0.225 e. The van der Waals surface area contributed by atoms with E-state index in [0.717, 1.165) is 75.2 Å². The number of methoxy groups -OCH3 is 3. The van der Waals surface area contributed by atoms with Crippen molar-refractivity contribution in [3.8, 4) is 17.2 Å². The molecule has 1 fully saturated rings. The van der Waals surface area contributed by atoms with Crippen molar-refractivity contribution < 1.29 is 14.2 Å². The molecule has 2 aliphatic rings. The Balaban J connectivity index is 1.24. The van der Waals surface area contributed by atoms with Gasteiger partial charge in [-0.2, -0.15) is 0 Å². The van der Waals surface area contributed by atoms with Gasteiger partial charge < -0.3 is 24.0 Å². The molecule has 0 radical (unpaired) electrons. The first-order chi connectivity index (χ1) is 17.2. The molecule has 3 aromatic rings. The molecule has 8 heteroatoms. The van der Waals surface area contributed by atoms with Crippen molar-refractivity contribution in [2.45, 2.75) is 19.5 Å². The molecule has 5 rings (SSSR count). The molecule has 0 saturated carbocycles. The Kier molecular flexibility index (Phi) is 6.90. The molecule has 0 unspecified atom stereocenters. The molecule has 1 aromatic heterocycles. The van der Waals surface area contributed by atoms with E-state index in [1.165, 1.54) is 11.3 Å². The molecule has 0 atom stereocenters. The topological polar surface area (TPSA) is 63.2 Å². The minimum absolute atomic E-state index is 0.630. The summed E-state index contributed by atoms with van der Waals surface area (Å²) in [6.45, 7) is 6.32. The number of ether oxygens (including phenoxy) is 3. The molecule has 184 valence electrons. The van der Waals surface area contributed by atoms with Crippen molar-refractivity contribution >= 4 is 11.6 Å². The number of nitrogens with zero attached hydrogens (tertiary/aromatic N) is 5. The van der Waals surface area contributed by atoms with E-state index < -0.39 is 0 Å². The van der Waals surface area contributed by atoms with Gasteiger partial charge in [0.15, 0.2) is 11.5 Å². The van der Waals surface area contributed by atoms with Crippen molar-refractivity contribution in [1.82, 2.24) is 14.9 Å². The molecule has 0 bridgehead atoms. The van der Waals surface area contributed by atoms with Crippen LogP contribution in [-0.4, -0.2) is 68.9 Å². The van der Waals surface area contributed by atoms with Crippen LogP contribution in [0.1, 0.15) is 16.8 Å². The van der Waals surface area contributed by atoms with Crippen LogP contribution in [0.25, 0.3) is 0 Å². The summed E-state index contributed by atoms with van der Waals surface area (Å²) in [6.07, 6.45) is 2.92. The summed E-state index contributed by atoms with van der Waals surface area (Å²) in [7, 11) is 4.94. The van der Waals surface area contributed by atoms with Crippen LogP contribution < -0.4 is 24.0 Å². The van der Waals surface area contributed by atoms with E-state index in [1.54, 1.807) is 21.3 Å². The summed E-state index contributed by atoms with van der Waals surface area (Å²) in [6, 6.07) is 14.6. The molecule has 0 spiro atoms. The lowest BCUT2D eigenvalue weighted by atomic mass is 10.1. The van der Waals surface area contributed by atoms with E-state index in [0.29, 0.717) is 11.5 Å². The molecule has 0 N–H and O–H groups in total. The fraction of sp³-hybridized carbons (Fsp3) is 0.407. The third kappa shape index (κ3) is 4.84. The number of para-hydroxylation sites is 1. The van der Waals surface area contributed by atoms with Gasteiger partial charge in [-0.25, -0.2) is 9.97 Å². The van der Waals surface area contributed by atoms with Gasteiger partial charge in [-0.05, 0) is 18.2 Å². The maximum atomic E-state index is 5.67. The van der Waals surface area contributed by atoms with Gasteiger partial charge in [0.25, 0.3) is 0 Å². The van der Waals surface area contributed by atoms with Crippen molar-refractivity contribution in [3.63, 3.8) is 0 Å². The Morgan fingerprint density at radius 3 is 2.26 bits per heavy atom. The Morgan fingerprint density at radius 2 is 1.54 bits per heavy atom. The first-order valence-electron chi connectivity index (χ1n) is 12.1. The fourth-order valence-corrected chi connectivity index (χ4v) is 4.98. The SMILES string of the molecule is COc1ccc(CN2CCc3nc(N4CCN(c5ccccc5)CC4)ncc3C2)c(OC)c1OC. The molecule has 3 heterocycles. The van der Waals surface area contributed by atoms with Gasteiger partial charge in [-0.3, -0.25) is 4.90 Å². The Labute approximate surface area is 207 Å². The first-order valence-corrected chi connectivity index (χ1v) is 12.1. The third-order valence-corrected chi connectivity index (χ3v) is 6.86. The molecule has 0 amide bonds. The average Bonchev–Trinajstić information content (AvgIpc) is 2.93. The minimum Gasteiger partial charge on any atom is -0.493 e. The Bertz CT molecular complexity index is 1150. The monoisotopic (exact) mass is 475 g/mol. The van der Waals surface area contributed by atoms with E-state index in [9.17, 15) is 0 Å². The summed E-state index contributed by atoms with van der Waals surface area (Å²) in [5.74, 6) is 2.87. The van der Waals surface area contributed by atoms with E-state index >= 15 is 0 Å². The van der Waals surface area contributed by atoms with Crippen LogP contribution in [0, 0.1) is 0 Å². The van der Waals surface area contributed by atoms with Crippen LogP contribution in [0.4, 0.5) is 11.6 Å². The number of piperazine rings is 1. The highest BCUT2D eigenvalue weighted by Gasteiger charge is 2.24. The van der Waals surface area contributed by atoms with Crippen molar-refractivity contribution in [1.29, 1.82) is 0 Å². The van der Waals surface area contributed by atoms with Gasteiger partial charge in [0.2, 0.25) is 11.7 Å². The standard InChI is InChI=1S/C27H33N5O3/c1-33-24-10-9-20(25(34-2)26(24)35-3)18-30-12-11-23-21(19-30)17-28-27(29-23)32-15-13-31(14-16-32)22-7-5-4-6-8-22/h4-10,17H,11-16,18-19H2,1-3H3. The second-order valence-electron chi connectivity index (χ2n) is 8.91. The second kappa shape index (κ2) is 10.4. The van der Waals surface area contributed by atoms with Crippen LogP contribution in [0.15, 0.2) is 48.7 Å². The zero-order valence-corrected chi connectivity index (χ0v) is 20.7. The highest BCUT2D eigenvalue weighted by molar-refractivity contribution is 5.56. The second-order valence-corrected chi connectivity index (χ2v) is 8.91. The molecular formula is C27H33N5O3. The summed E-state index contributed by atoms with van der Waals surface area (Å²) >= 11 is 0. The van der Waals surface area contributed by atoms with Crippen molar-refractivity contribution in [2.75, 3.05) is 63.9 Å². The number of aromatic nitrogens is 2. The molecule has 2 aliphatic heterocycles. The summed E-state index contributed by atoms with van der Waals surface area (Å²) in [4.78, 5) is 16.8. The zero-order chi connectivity index (χ0) is 24.2. The summed E-state index contributed by atoms with van der Waals surface area (Å²) in [5, 5.41) is 0. The highest BCUT2D eigenvalue weighted by atomic mass is 16.5. The predicted molar refractivity (Wildman–Crippen MR) is 137 cm³/mol. The van der Waals surface area contributed by atoms with E-state index in [4.69, 9.17) is 24.2 Å². The highest BCUT2D eigenvalue weighted by Crippen LogP contribution is 2.40. The summed E-state index contributed by atoms with van der Waals surface area (Å²) in [5.41, 5.74) is 4.71. The number of anilines is 2. The average molecular weight is 476 g/mol. The Hall–Kier alpha value is -3.52. The number of hydrogen-bond donors (Lipinski definition) is 0. The largest absolute Gasteiger partial charge is 0.493 e. The maximum absolute atomic E-state index is 5.67. The lowest BCUT2D eigenvalue weighted by Crippen LogP contribution is -2.47. The van der Waals surface area contributed by atoms with Crippen LogP contribution in [0.5, 0.6) is 17.2 Å². The summed E-state index contributed by atoms with van der Waals surface area (Å²) < 4.78 is 16.6. The quantitative estimate of drug-likeness (QED) is 0.515. The van der Waals surface area contributed by atoms with Crippen molar-refractivity contribution in [3.05, 3.63) is 65.5 Å². The number of rotatable bonds is 7. The molecule has 8 nitrogen and oxygen atoms in total.